The highest BCUT2D eigenvalue weighted by molar-refractivity contribution is 7.10. The van der Waals surface area contributed by atoms with Gasteiger partial charge in [-0.2, -0.15) is 0 Å². The van der Waals surface area contributed by atoms with Crippen LogP contribution in [0, 0.1) is 0 Å². The maximum absolute atomic E-state index is 13.2. The van der Waals surface area contributed by atoms with E-state index < -0.39 is 5.54 Å². The van der Waals surface area contributed by atoms with E-state index in [2.05, 4.69) is 42.4 Å². The second-order valence-electron chi connectivity index (χ2n) is 8.93. The molecule has 1 unspecified atom stereocenters. The number of hydrogen-bond acceptors (Lipinski definition) is 4. The lowest BCUT2D eigenvalue weighted by Crippen LogP contribution is -2.45. The van der Waals surface area contributed by atoms with Crippen LogP contribution >= 0.6 is 11.3 Å². The molecule has 1 aromatic carbocycles. The molecule has 2 aliphatic rings. The molecule has 6 heteroatoms. The van der Waals surface area contributed by atoms with Crippen molar-refractivity contribution in [3.05, 3.63) is 57.3 Å². The van der Waals surface area contributed by atoms with Gasteiger partial charge in [-0.25, -0.2) is 9.69 Å². The molecule has 3 amide bonds. The number of nitrogens with zero attached hydrogens (tertiary/aromatic N) is 2. The van der Waals surface area contributed by atoms with E-state index in [4.69, 9.17) is 0 Å². The lowest BCUT2D eigenvalue weighted by Gasteiger charge is -2.30. The second kappa shape index (κ2) is 6.71. The van der Waals surface area contributed by atoms with Crippen LogP contribution in [0.1, 0.15) is 49.3 Å². The fraction of sp³-hybridized carbons (Fsp3) is 0.455. The summed E-state index contributed by atoms with van der Waals surface area (Å²) >= 11 is 1.78. The number of thiophene rings is 1. The van der Waals surface area contributed by atoms with Crippen LogP contribution in [0.3, 0.4) is 0 Å². The molecule has 3 heterocycles. The average Bonchev–Trinajstić information content (AvgIpc) is 3.20. The van der Waals surface area contributed by atoms with Gasteiger partial charge >= 0.3 is 6.03 Å². The summed E-state index contributed by atoms with van der Waals surface area (Å²) in [6.07, 6.45) is 0.974. The smallest absolute Gasteiger partial charge is 0.319 e. The lowest BCUT2D eigenvalue weighted by atomic mass is 9.84. The number of benzene rings is 1. The maximum atomic E-state index is 13.2. The average molecular weight is 398 g/mol. The molecule has 0 spiro atoms. The number of rotatable bonds is 3. The minimum absolute atomic E-state index is 0.0448. The third-order valence-electron chi connectivity index (χ3n) is 5.83. The number of carbonyl (C=O) groups excluding carboxylic acids is 2. The standard InChI is InChI=1S/C22H27N3O2S/c1-21(2,3)16-5-7-17(8-6-16)22(4)19(26)25(20(27)23-22)14-24-11-9-18-15(13-24)10-12-28-18/h5-8,10,12H,9,11,13-14H2,1-4H3,(H,23,27). The van der Waals surface area contributed by atoms with Gasteiger partial charge in [0.1, 0.15) is 5.54 Å². The zero-order valence-corrected chi connectivity index (χ0v) is 17.7. The van der Waals surface area contributed by atoms with E-state index in [9.17, 15) is 9.59 Å². The van der Waals surface area contributed by atoms with E-state index in [1.54, 1.807) is 18.3 Å². The van der Waals surface area contributed by atoms with Gasteiger partial charge in [0.05, 0.1) is 6.67 Å². The van der Waals surface area contributed by atoms with Gasteiger partial charge in [-0.05, 0) is 46.9 Å². The van der Waals surface area contributed by atoms with Crippen molar-refractivity contribution in [1.29, 1.82) is 0 Å². The highest BCUT2D eigenvalue weighted by Crippen LogP contribution is 2.32. The molecular formula is C22H27N3O2S. The SMILES string of the molecule is CC(C)(C)c1ccc(C2(C)NC(=O)N(CN3CCc4sccc4C3)C2=O)cc1. The summed E-state index contributed by atoms with van der Waals surface area (Å²) in [4.78, 5) is 30.8. The number of imide groups is 1. The number of amides is 3. The fourth-order valence-electron chi connectivity index (χ4n) is 3.95. The zero-order valence-electron chi connectivity index (χ0n) is 16.9. The molecule has 0 aliphatic carbocycles. The highest BCUT2D eigenvalue weighted by atomic mass is 32.1. The van der Waals surface area contributed by atoms with Crippen molar-refractivity contribution < 1.29 is 9.59 Å². The zero-order chi connectivity index (χ0) is 20.1. The summed E-state index contributed by atoms with van der Waals surface area (Å²) in [7, 11) is 0. The van der Waals surface area contributed by atoms with Gasteiger partial charge in [-0.3, -0.25) is 9.69 Å². The van der Waals surface area contributed by atoms with Crippen molar-refractivity contribution in [2.45, 2.75) is 51.6 Å². The number of urea groups is 1. The molecule has 1 saturated heterocycles. The van der Waals surface area contributed by atoms with Crippen LogP contribution in [0.5, 0.6) is 0 Å². The van der Waals surface area contributed by atoms with Gasteiger partial charge in [-0.15, -0.1) is 11.3 Å². The molecule has 1 atom stereocenters. The van der Waals surface area contributed by atoms with Crippen molar-refractivity contribution in [1.82, 2.24) is 15.1 Å². The second-order valence-corrected chi connectivity index (χ2v) is 9.93. The number of fused-ring (bicyclic) bond motifs is 1. The van der Waals surface area contributed by atoms with E-state index in [0.717, 1.165) is 25.1 Å². The molecule has 1 N–H and O–H groups in total. The number of hydrogen-bond donors (Lipinski definition) is 1. The third-order valence-corrected chi connectivity index (χ3v) is 6.85. The van der Waals surface area contributed by atoms with E-state index >= 15 is 0 Å². The van der Waals surface area contributed by atoms with E-state index in [1.165, 1.54) is 20.9 Å². The molecule has 2 aromatic rings. The molecule has 0 radical (unpaired) electrons. The molecule has 0 saturated carbocycles. The Morgan fingerprint density at radius 1 is 1.14 bits per heavy atom. The van der Waals surface area contributed by atoms with Crippen LogP contribution in [0.2, 0.25) is 0 Å². The fourth-order valence-corrected chi connectivity index (χ4v) is 4.84. The largest absolute Gasteiger partial charge is 0.326 e. The molecule has 148 valence electrons. The van der Waals surface area contributed by atoms with Gasteiger partial charge in [0, 0.05) is 18.0 Å². The molecule has 0 bridgehead atoms. The number of nitrogens with one attached hydrogen (secondary N) is 1. The number of carbonyl (C=O) groups is 2. The normalized spacial score (nSPS) is 23.1. The Morgan fingerprint density at radius 2 is 1.86 bits per heavy atom. The summed E-state index contributed by atoms with van der Waals surface area (Å²) in [5, 5.41) is 5.03. The summed E-state index contributed by atoms with van der Waals surface area (Å²) in [6, 6.07) is 9.83. The predicted octanol–water partition coefficient (Wildman–Crippen LogP) is 3.83. The van der Waals surface area contributed by atoms with Crippen molar-refractivity contribution in [3.8, 4) is 0 Å². The molecule has 5 nitrogen and oxygen atoms in total. The van der Waals surface area contributed by atoms with Crippen LogP contribution in [0.25, 0.3) is 0 Å². The summed E-state index contributed by atoms with van der Waals surface area (Å²) in [6.45, 7) is 10.2. The van der Waals surface area contributed by atoms with E-state index in [0.29, 0.717) is 6.67 Å². The van der Waals surface area contributed by atoms with Gasteiger partial charge in [0.15, 0.2) is 0 Å². The molecular weight excluding hydrogens is 370 g/mol. The molecule has 28 heavy (non-hydrogen) atoms. The topological polar surface area (TPSA) is 52.7 Å². The van der Waals surface area contributed by atoms with Gasteiger partial charge in [0.25, 0.3) is 5.91 Å². The van der Waals surface area contributed by atoms with Gasteiger partial charge in [0.2, 0.25) is 0 Å². The Labute approximate surface area is 170 Å². The first-order valence-electron chi connectivity index (χ1n) is 9.71. The Hall–Kier alpha value is -2.18. The summed E-state index contributed by atoms with van der Waals surface area (Å²) in [5.41, 5.74) is 2.36. The van der Waals surface area contributed by atoms with E-state index in [1.807, 2.05) is 24.3 Å². The predicted molar refractivity (Wildman–Crippen MR) is 111 cm³/mol. The van der Waals surface area contributed by atoms with Crippen LogP contribution < -0.4 is 5.32 Å². The first-order valence-corrected chi connectivity index (χ1v) is 10.6. The van der Waals surface area contributed by atoms with Gasteiger partial charge < -0.3 is 5.32 Å². The first-order chi connectivity index (χ1) is 13.2. The minimum Gasteiger partial charge on any atom is -0.319 e. The van der Waals surface area contributed by atoms with Crippen molar-refractivity contribution in [3.63, 3.8) is 0 Å². The Bertz CT molecular complexity index is 913. The summed E-state index contributed by atoms with van der Waals surface area (Å²) < 4.78 is 0. The highest BCUT2D eigenvalue weighted by Gasteiger charge is 2.49. The van der Waals surface area contributed by atoms with Crippen LogP contribution in [-0.4, -0.2) is 35.0 Å². The monoisotopic (exact) mass is 397 g/mol. The maximum Gasteiger partial charge on any atom is 0.326 e. The van der Waals surface area contributed by atoms with E-state index in [-0.39, 0.29) is 17.4 Å². The Morgan fingerprint density at radius 3 is 2.54 bits per heavy atom. The Kier molecular flexibility index (Phi) is 4.59. The minimum atomic E-state index is -1.02. The van der Waals surface area contributed by atoms with Crippen LogP contribution in [-0.2, 0) is 28.7 Å². The van der Waals surface area contributed by atoms with Gasteiger partial charge in [-0.1, -0.05) is 45.0 Å². The lowest BCUT2D eigenvalue weighted by molar-refractivity contribution is -0.132. The first kappa shape index (κ1) is 19.2. The van der Waals surface area contributed by atoms with Crippen molar-refractivity contribution >= 4 is 23.3 Å². The van der Waals surface area contributed by atoms with Crippen molar-refractivity contribution in [2.24, 2.45) is 0 Å². The quantitative estimate of drug-likeness (QED) is 0.801. The third kappa shape index (κ3) is 3.25. The molecule has 1 aromatic heterocycles. The van der Waals surface area contributed by atoms with Crippen LogP contribution in [0.15, 0.2) is 35.7 Å². The molecule has 4 rings (SSSR count). The molecule has 2 aliphatic heterocycles. The van der Waals surface area contributed by atoms with Crippen LogP contribution in [0.4, 0.5) is 4.79 Å². The summed E-state index contributed by atoms with van der Waals surface area (Å²) in [5.74, 6) is -0.183. The molecule has 1 fully saturated rings. The Balaban J connectivity index is 1.52. The van der Waals surface area contributed by atoms with Crippen molar-refractivity contribution in [2.75, 3.05) is 13.2 Å².